The van der Waals surface area contributed by atoms with E-state index in [1.165, 1.54) is 0 Å². The Morgan fingerprint density at radius 3 is 2.86 bits per heavy atom. The normalized spacial score (nSPS) is 24.5. The van der Waals surface area contributed by atoms with Crippen LogP contribution in [0.3, 0.4) is 0 Å². The molecular formula is C15H19F2NO3. The fraction of sp³-hybridized carbons (Fsp3) is 0.533. The fourth-order valence-electron chi connectivity index (χ4n) is 2.53. The van der Waals surface area contributed by atoms with Crippen molar-refractivity contribution >= 4 is 5.91 Å². The minimum Gasteiger partial charge on any atom is -0.377 e. The summed E-state index contributed by atoms with van der Waals surface area (Å²) in [5.41, 5.74) is 0.0437. The smallest absolute Gasteiger partial charge is 0.224 e. The van der Waals surface area contributed by atoms with Crippen molar-refractivity contribution in [1.29, 1.82) is 0 Å². The quantitative estimate of drug-likeness (QED) is 0.871. The average Bonchev–Trinajstić information content (AvgIpc) is 2.42. The zero-order valence-corrected chi connectivity index (χ0v) is 12.1. The molecule has 4 nitrogen and oxygen atoms in total. The molecule has 1 aliphatic carbocycles. The number of carbonyl (C=O) groups excluding carboxylic acids is 1. The van der Waals surface area contributed by atoms with Gasteiger partial charge in [0.15, 0.2) is 0 Å². The highest BCUT2D eigenvalue weighted by atomic mass is 19.1. The van der Waals surface area contributed by atoms with Crippen LogP contribution >= 0.6 is 0 Å². The number of halogens is 2. The number of rotatable bonds is 6. The standard InChI is InChI=1S/C15H19F2NO3/c1-3-21-13-8-12(15(13)20-2)18-14(19)7-9-6-10(16)4-5-11(9)17/h4-6,12-13,15H,3,7-8H2,1-2H3,(H,18,19)/t12-,13+,15+/m0/s1. The van der Waals surface area contributed by atoms with Gasteiger partial charge in [0.1, 0.15) is 17.7 Å². The minimum absolute atomic E-state index is 0.0313. The van der Waals surface area contributed by atoms with Gasteiger partial charge in [-0.15, -0.1) is 0 Å². The van der Waals surface area contributed by atoms with E-state index < -0.39 is 11.6 Å². The predicted molar refractivity (Wildman–Crippen MR) is 72.8 cm³/mol. The molecule has 1 aliphatic rings. The Hall–Kier alpha value is -1.53. The number of nitrogens with one attached hydrogen (secondary N) is 1. The molecule has 1 aromatic rings. The summed E-state index contributed by atoms with van der Waals surface area (Å²) in [7, 11) is 1.56. The van der Waals surface area contributed by atoms with Gasteiger partial charge in [0.05, 0.1) is 18.6 Å². The lowest BCUT2D eigenvalue weighted by molar-refractivity contribution is -0.142. The first kappa shape index (κ1) is 15.9. The molecular weight excluding hydrogens is 280 g/mol. The van der Waals surface area contributed by atoms with E-state index in [1.54, 1.807) is 7.11 Å². The van der Waals surface area contributed by atoms with Crippen molar-refractivity contribution in [3.8, 4) is 0 Å². The van der Waals surface area contributed by atoms with Crippen LogP contribution in [0.4, 0.5) is 8.78 Å². The molecule has 2 rings (SSSR count). The maximum atomic E-state index is 13.5. The van der Waals surface area contributed by atoms with Crippen LogP contribution in [0.5, 0.6) is 0 Å². The molecule has 3 atom stereocenters. The number of ether oxygens (including phenoxy) is 2. The van der Waals surface area contributed by atoms with Crippen molar-refractivity contribution < 1.29 is 23.0 Å². The third-order valence-corrected chi connectivity index (χ3v) is 3.61. The van der Waals surface area contributed by atoms with Gasteiger partial charge in [0.2, 0.25) is 5.91 Å². The van der Waals surface area contributed by atoms with Crippen LogP contribution in [-0.4, -0.2) is 37.9 Å². The first-order valence-corrected chi connectivity index (χ1v) is 6.92. The van der Waals surface area contributed by atoms with Gasteiger partial charge in [-0.3, -0.25) is 4.79 Å². The first-order valence-electron chi connectivity index (χ1n) is 6.92. The predicted octanol–water partition coefficient (Wildman–Crippen LogP) is 1.82. The molecule has 1 N–H and O–H groups in total. The van der Waals surface area contributed by atoms with E-state index in [1.807, 2.05) is 6.92 Å². The minimum atomic E-state index is -0.587. The summed E-state index contributed by atoms with van der Waals surface area (Å²) in [6.45, 7) is 2.48. The van der Waals surface area contributed by atoms with E-state index in [4.69, 9.17) is 9.47 Å². The van der Waals surface area contributed by atoms with Crippen LogP contribution in [0.25, 0.3) is 0 Å². The highest BCUT2D eigenvalue weighted by molar-refractivity contribution is 5.79. The molecule has 0 unspecified atom stereocenters. The number of benzene rings is 1. The lowest BCUT2D eigenvalue weighted by atomic mass is 9.85. The maximum absolute atomic E-state index is 13.5. The number of carbonyl (C=O) groups is 1. The third-order valence-electron chi connectivity index (χ3n) is 3.61. The largest absolute Gasteiger partial charge is 0.377 e. The first-order chi connectivity index (χ1) is 10.0. The van der Waals surface area contributed by atoms with Gasteiger partial charge in [0.25, 0.3) is 0 Å². The zero-order chi connectivity index (χ0) is 15.4. The van der Waals surface area contributed by atoms with Gasteiger partial charge >= 0.3 is 0 Å². The maximum Gasteiger partial charge on any atom is 0.224 e. The summed E-state index contributed by atoms with van der Waals surface area (Å²) in [6, 6.07) is 2.92. The van der Waals surface area contributed by atoms with E-state index in [2.05, 4.69) is 5.32 Å². The second-order valence-electron chi connectivity index (χ2n) is 5.02. The van der Waals surface area contributed by atoms with Crippen LogP contribution in [0.15, 0.2) is 18.2 Å². The highest BCUT2D eigenvalue weighted by Crippen LogP contribution is 2.27. The molecule has 0 bridgehead atoms. The summed E-state index contributed by atoms with van der Waals surface area (Å²) < 4.78 is 37.3. The van der Waals surface area contributed by atoms with E-state index in [9.17, 15) is 13.6 Å². The molecule has 0 spiro atoms. The molecule has 0 radical (unpaired) electrons. The molecule has 0 aromatic heterocycles. The molecule has 0 aliphatic heterocycles. The van der Waals surface area contributed by atoms with Crippen LogP contribution < -0.4 is 5.32 Å². The van der Waals surface area contributed by atoms with Crippen molar-refractivity contribution in [2.75, 3.05) is 13.7 Å². The molecule has 1 amide bonds. The van der Waals surface area contributed by atoms with E-state index >= 15 is 0 Å². The second-order valence-corrected chi connectivity index (χ2v) is 5.02. The van der Waals surface area contributed by atoms with Crippen LogP contribution in [0.1, 0.15) is 18.9 Å². The Labute approximate surface area is 122 Å². The van der Waals surface area contributed by atoms with Crippen LogP contribution in [0.2, 0.25) is 0 Å². The van der Waals surface area contributed by atoms with Crippen molar-refractivity contribution in [3.63, 3.8) is 0 Å². The number of hydrogen-bond donors (Lipinski definition) is 1. The highest BCUT2D eigenvalue weighted by Gasteiger charge is 2.42. The average molecular weight is 299 g/mol. The van der Waals surface area contributed by atoms with Crippen molar-refractivity contribution in [2.24, 2.45) is 0 Å². The Balaban J connectivity index is 1.89. The lowest BCUT2D eigenvalue weighted by Gasteiger charge is -2.43. The number of amides is 1. The Kier molecular flexibility index (Phi) is 5.25. The molecule has 1 saturated carbocycles. The van der Waals surface area contributed by atoms with Gasteiger partial charge in [-0.2, -0.15) is 0 Å². The van der Waals surface area contributed by atoms with Gasteiger partial charge in [0, 0.05) is 19.3 Å². The second kappa shape index (κ2) is 6.95. The lowest BCUT2D eigenvalue weighted by Crippen LogP contribution is -2.61. The SMILES string of the molecule is CCO[C@@H]1C[C@H](NC(=O)Cc2cc(F)ccc2F)[C@H]1OC. The van der Waals surface area contributed by atoms with Gasteiger partial charge in [-0.05, 0) is 31.5 Å². The Morgan fingerprint density at radius 1 is 1.43 bits per heavy atom. The van der Waals surface area contributed by atoms with E-state index in [-0.39, 0.29) is 36.1 Å². The Bertz CT molecular complexity index is 510. The number of methoxy groups -OCH3 is 1. The summed E-state index contributed by atoms with van der Waals surface area (Å²) in [5.74, 6) is -1.51. The van der Waals surface area contributed by atoms with E-state index in [0.29, 0.717) is 13.0 Å². The third kappa shape index (κ3) is 3.77. The van der Waals surface area contributed by atoms with Crippen molar-refractivity contribution in [2.45, 2.75) is 38.0 Å². The monoisotopic (exact) mass is 299 g/mol. The van der Waals surface area contributed by atoms with Crippen LogP contribution in [0, 0.1) is 11.6 Å². The van der Waals surface area contributed by atoms with Crippen molar-refractivity contribution in [3.05, 3.63) is 35.4 Å². The molecule has 21 heavy (non-hydrogen) atoms. The Morgan fingerprint density at radius 2 is 2.19 bits per heavy atom. The summed E-state index contributed by atoms with van der Waals surface area (Å²) in [6.07, 6.45) is 0.224. The summed E-state index contributed by atoms with van der Waals surface area (Å²) in [4.78, 5) is 11.9. The molecule has 0 heterocycles. The molecule has 6 heteroatoms. The summed E-state index contributed by atoms with van der Waals surface area (Å²) in [5, 5.41) is 2.77. The topological polar surface area (TPSA) is 47.6 Å². The van der Waals surface area contributed by atoms with Gasteiger partial charge in [-0.1, -0.05) is 0 Å². The zero-order valence-electron chi connectivity index (χ0n) is 12.1. The van der Waals surface area contributed by atoms with Crippen LogP contribution in [-0.2, 0) is 20.7 Å². The van der Waals surface area contributed by atoms with Crippen molar-refractivity contribution in [1.82, 2.24) is 5.32 Å². The fourth-order valence-corrected chi connectivity index (χ4v) is 2.53. The molecule has 1 fully saturated rings. The van der Waals surface area contributed by atoms with E-state index in [0.717, 1.165) is 18.2 Å². The number of hydrogen-bond acceptors (Lipinski definition) is 3. The molecule has 116 valence electrons. The van der Waals surface area contributed by atoms with Gasteiger partial charge in [-0.25, -0.2) is 8.78 Å². The molecule has 0 saturated heterocycles. The summed E-state index contributed by atoms with van der Waals surface area (Å²) >= 11 is 0. The molecule has 1 aromatic carbocycles. The van der Waals surface area contributed by atoms with Gasteiger partial charge < -0.3 is 14.8 Å².